The molecule has 1 amide bonds. The lowest BCUT2D eigenvalue weighted by atomic mass is 10.1. The standard InChI is InChI=1S/C12H15NO3/c1-9(15)6-12(16)13-7-10-2-4-11(8-14)5-3-10/h2-5,14H,6-8H2,1H3,(H,13,16). The van der Waals surface area contributed by atoms with Crippen LogP contribution in [0.2, 0.25) is 0 Å². The van der Waals surface area contributed by atoms with Crippen LogP contribution in [0.25, 0.3) is 0 Å². The summed E-state index contributed by atoms with van der Waals surface area (Å²) in [5.74, 6) is -0.410. The quantitative estimate of drug-likeness (QED) is 0.722. The number of benzene rings is 1. The Morgan fingerprint density at radius 1 is 1.19 bits per heavy atom. The summed E-state index contributed by atoms with van der Waals surface area (Å²) < 4.78 is 0. The molecule has 0 bridgehead atoms. The van der Waals surface area contributed by atoms with Crippen LogP contribution in [-0.2, 0) is 22.7 Å². The molecule has 1 aromatic carbocycles. The summed E-state index contributed by atoms with van der Waals surface area (Å²) in [5, 5.41) is 11.5. The van der Waals surface area contributed by atoms with Gasteiger partial charge < -0.3 is 10.4 Å². The Morgan fingerprint density at radius 3 is 2.25 bits per heavy atom. The van der Waals surface area contributed by atoms with Gasteiger partial charge in [-0.3, -0.25) is 9.59 Å². The van der Waals surface area contributed by atoms with Gasteiger partial charge in [-0.05, 0) is 18.1 Å². The Bertz CT molecular complexity index is 370. The van der Waals surface area contributed by atoms with Crippen molar-refractivity contribution in [2.75, 3.05) is 0 Å². The topological polar surface area (TPSA) is 66.4 Å². The highest BCUT2D eigenvalue weighted by molar-refractivity contribution is 5.96. The van der Waals surface area contributed by atoms with E-state index in [4.69, 9.17) is 5.11 Å². The summed E-state index contributed by atoms with van der Waals surface area (Å²) in [5.41, 5.74) is 1.77. The number of carbonyl (C=O) groups excluding carboxylic acids is 2. The van der Waals surface area contributed by atoms with Crippen molar-refractivity contribution in [1.82, 2.24) is 5.32 Å². The molecule has 0 fully saturated rings. The van der Waals surface area contributed by atoms with Gasteiger partial charge in [-0.1, -0.05) is 24.3 Å². The van der Waals surface area contributed by atoms with Crippen molar-refractivity contribution >= 4 is 11.7 Å². The Balaban J connectivity index is 2.42. The van der Waals surface area contributed by atoms with E-state index < -0.39 is 0 Å². The van der Waals surface area contributed by atoms with Gasteiger partial charge in [-0.25, -0.2) is 0 Å². The summed E-state index contributed by atoms with van der Waals surface area (Å²) in [4.78, 5) is 21.8. The average molecular weight is 221 g/mol. The zero-order valence-corrected chi connectivity index (χ0v) is 9.19. The number of hydrogen-bond donors (Lipinski definition) is 2. The maximum Gasteiger partial charge on any atom is 0.227 e. The zero-order chi connectivity index (χ0) is 12.0. The van der Waals surface area contributed by atoms with Gasteiger partial charge in [0.25, 0.3) is 0 Å². The lowest BCUT2D eigenvalue weighted by Crippen LogP contribution is -2.24. The normalized spacial score (nSPS) is 9.88. The van der Waals surface area contributed by atoms with Gasteiger partial charge in [0.1, 0.15) is 5.78 Å². The number of aliphatic hydroxyl groups excluding tert-OH is 1. The molecule has 1 aromatic rings. The molecule has 4 heteroatoms. The van der Waals surface area contributed by atoms with Gasteiger partial charge in [0.2, 0.25) is 5.91 Å². The van der Waals surface area contributed by atoms with Crippen LogP contribution in [0, 0.1) is 0 Å². The zero-order valence-electron chi connectivity index (χ0n) is 9.19. The van der Waals surface area contributed by atoms with Crippen molar-refractivity contribution < 1.29 is 14.7 Å². The van der Waals surface area contributed by atoms with E-state index in [2.05, 4.69) is 5.32 Å². The summed E-state index contributed by atoms with van der Waals surface area (Å²) >= 11 is 0. The van der Waals surface area contributed by atoms with Crippen LogP contribution in [0.15, 0.2) is 24.3 Å². The van der Waals surface area contributed by atoms with E-state index in [1.165, 1.54) is 6.92 Å². The molecule has 4 nitrogen and oxygen atoms in total. The second-order valence-corrected chi connectivity index (χ2v) is 3.63. The maximum atomic E-state index is 11.2. The van der Waals surface area contributed by atoms with Crippen molar-refractivity contribution in [1.29, 1.82) is 0 Å². The van der Waals surface area contributed by atoms with Gasteiger partial charge in [0.05, 0.1) is 13.0 Å². The number of nitrogens with one attached hydrogen (secondary N) is 1. The number of amides is 1. The molecule has 0 spiro atoms. The fourth-order valence-corrected chi connectivity index (χ4v) is 1.25. The molecule has 0 aliphatic rings. The molecule has 0 aromatic heterocycles. The number of hydrogen-bond acceptors (Lipinski definition) is 3. The summed E-state index contributed by atoms with van der Waals surface area (Å²) in [6.07, 6.45) is -0.0747. The Hall–Kier alpha value is -1.68. The summed E-state index contributed by atoms with van der Waals surface area (Å²) in [6.45, 7) is 1.80. The number of aliphatic hydroxyl groups is 1. The molecule has 0 heterocycles. The molecule has 16 heavy (non-hydrogen) atoms. The fourth-order valence-electron chi connectivity index (χ4n) is 1.25. The third-order valence-corrected chi connectivity index (χ3v) is 2.10. The molecule has 0 saturated heterocycles. The molecule has 86 valence electrons. The predicted octanol–water partition coefficient (Wildman–Crippen LogP) is 0.774. The SMILES string of the molecule is CC(=O)CC(=O)NCc1ccc(CO)cc1. The van der Waals surface area contributed by atoms with Crippen LogP contribution >= 0.6 is 0 Å². The minimum Gasteiger partial charge on any atom is -0.392 e. The van der Waals surface area contributed by atoms with Crippen LogP contribution in [0.5, 0.6) is 0 Å². The second-order valence-electron chi connectivity index (χ2n) is 3.63. The molecular formula is C12H15NO3. The number of carbonyl (C=O) groups is 2. The molecule has 1 rings (SSSR count). The van der Waals surface area contributed by atoms with E-state index in [0.717, 1.165) is 11.1 Å². The molecule has 0 atom stereocenters. The first-order valence-corrected chi connectivity index (χ1v) is 5.06. The smallest absolute Gasteiger partial charge is 0.227 e. The van der Waals surface area contributed by atoms with Crippen LogP contribution in [-0.4, -0.2) is 16.8 Å². The van der Waals surface area contributed by atoms with Gasteiger partial charge >= 0.3 is 0 Å². The van der Waals surface area contributed by atoms with Crippen molar-refractivity contribution in [3.05, 3.63) is 35.4 Å². The lowest BCUT2D eigenvalue weighted by Gasteiger charge is -2.04. The van der Waals surface area contributed by atoms with Gasteiger partial charge in [0.15, 0.2) is 0 Å². The fraction of sp³-hybridized carbons (Fsp3) is 0.333. The first kappa shape index (κ1) is 12.4. The first-order valence-electron chi connectivity index (χ1n) is 5.06. The van der Waals surface area contributed by atoms with E-state index in [0.29, 0.717) is 6.54 Å². The van der Waals surface area contributed by atoms with E-state index in [1.807, 2.05) is 12.1 Å². The summed E-state index contributed by atoms with van der Waals surface area (Å²) in [7, 11) is 0. The van der Waals surface area contributed by atoms with Gasteiger partial charge in [-0.15, -0.1) is 0 Å². The Kier molecular flexibility index (Phi) is 4.66. The Labute approximate surface area is 94.3 Å². The molecular weight excluding hydrogens is 206 g/mol. The molecule has 0 aliphatic heterocycles. The van der Waals surface area contributed by atoms with Crippen molar-refractivity contribution in [3.63, 3.8) is 0 Å². The number of ketones is 1. The average Bonchev–Trinajstić information content (AvgIpc) is 2.26. The highest BCUT2D eigenvalue weighted by atomic mass is 16.3. The highest BCUT2D eigenvalue weighted by Crippen LogP contribution is 2.03. The van der Waals surface area contributed by atoms with Crippen LogP contribution < -0.4 is 5.32 Å². The summed E-state index contributed by atoms with van der Waals surface area (Å²) in [6, 6.07) is 7.26. The van der Waals surface area contributed by atoms with E-state index >= 15 is 0 Å². The second kappa shape index (κ2) is 6.02. The van der Waals surface area contributed by atoms with Crippen molar-refractivity contribution in [2.45, 2.75) is 26.5 Å². The minimum atomic E-state index is -0.265. The number of Topliss-reactive ketones (excluding diaryl/α,β-unsaturated/α-hetero) is 1. The lowest BCUT2D eigenvalue weighted by molar-refractivity contribution is -0.127. The first-order chi connectivity index (χ1) is 7.61. The monoisotopic (exact) mass is 221 g/mol. The molecule has 0 unspecified atom stereocenters. The highest BCUT2D eigenvalue weighted by Gasteiger charge is 2.04. The maximum absolute atomic E-state index is 11.2. The van der Waals surface area contributed by atoms with E-state index in [9.17, 15) is 9.59 Å². The molecule has 0 aliphatic carbocycles. The van der Waals surface area contributed by atoms with Crippen molar-refractivity contribution in [3.8, 4) is 0 Å². The van der Waals surface area contributed by atoms with Crippen molar-refractivity contribution in [2.24, 2.45) is 0 Å². The third-order valence-electron chi connectivity index (χ3n) is 2.10. The third kappa shape index (κ3) is 4.23. The van der Waals surface area contributed by atoms with Crippen LogP contribution in [0.3, 0.4) is 0 Å². The molecule has 2 N–H and O–H groups in total. The molecule has 0 radical (unpaired) electrons. The number of rotatable bonds is 5. The minimum absolute atomic E-state index is 0.0109. The van der Waals surface area contributed by atoms with Gasteiger partial charge in [-0.2, -0.15) is 0 Å². The predicted molar refractivity (Wildman–Crippen MR) is 59.5 cm³/mol. The van der Waals surface area contributed by atoms with Gasteiger partial charge in [0, 0.05) is 6.54 Å². The van der Waals surface area contributed by atoms with E-state index in [1.54, 1.807) is 12.1 Å². The van der Waals surface area contributed by atoms with E-state index in [-0.39, 0.29) is 24.7 Å². The van der Waals surface area contributed by atoms with Crippen LogP contribution in [0.1, 0.15) is 24.5 Å². The largest absolute Gasteiger partial charge is 0.392 e. The Morgan fingerprint density at radius 2 is 1.75 bits per heavy atom. The molecule has 0 saturated carbocycles. The van der Waals surface area contributed by atoms with Crippen LogP contribution in [0.4, 0.5) is 0 Å².